The van der Waals surface area contributed by atoms with Gasteiger partial charge in [0, 0.05) is 39.9 Å². The van der Waals surface area contributed by atoms with Crippen molar-refractivity contribution in [2.45, 2.75) is 17.6 Å². The molecule has 2 aromatic carbocycles. The lowest BCUT2D eigenvalue weighted by Gasteiger charge is -2.27. The summed E-state index contributed by atoms with van der Waals surface area (Å²) in [6, 6.07) is 13.4. The van der Waals surface area contributed by atoms with E-state index in [-0.39, 0.29) is 5.91 Å². The van der Waals surface area contributed by atoms with Crippen LogP contribution in [0.25, 0.3) is 0 Å². The second-order valence-corrected chi connectivity index (χ2v) is 7.39. The van der Waals surface area contributed by atoms with Gasteiger partial charge in [-0.15, -0.1) is 11.8 Å². The fourth-order valence-corrected chi connectivity index (χ4v) is 3.76. The zero-order valence-electron chi connectivity index (χ0n) is 14.7. The molecule has 0 spiro atoms. The lowest BCUT2D eigenvalue weighted by atomic mass is 10.1. The van der Waals surface area contributed by atoms with Crippen LogP contribution in [0.5, 0.6) is 5.75 Å². The summed E-state index contributed by atoms with van der Waals surface area (Å²) in [5, 5.41) is 0.725. The van der Waals surface area contributed by atoms with Crippen molar-refractivity contribution >= 4 is 29.3 Å². The fraction of sp³-hybridized carbons (Fsp3) is 0.350. The molecule has 1 fully saturated rings. The van der Waals surface area contributed by atoms with Gasteiger partial charge in [0.15, 0.2) is 0 Å². The van der Waals surface area contributed by atoms with E-state index in [4.69, 9.17) is 21.1 Å². The Morgan fingerprint density at radius 2 is 1.92 bits per heavy atom. The molecule has 0 atom stereocenters. The van der Waals surface area contributed by atoms with Gasteiger partial charge in [0.05, 0.1) is 19.8 Å². The highest BCUT2D eigenvalue weighted by Crippen LogP contribution is 2.30. The summed E-state index contributed by atoms with van der Waals surface area (Å²) < 4.78 is 11.1. The standard InChI is InChI=1S/C20H22ClNO3S/c1-2-25-19-8-3-15(20(23)22-9-11-24-12-10-22)13-16(19)14-26-18-6-4-17(21)5-7-18/h3-8,13H,2,9-12,14H2,1H3. The third-order valence-electron chi connectivity index (χ3n) is 4.11. The minimum absolute atomic E-state index is 0.0501. The molecule has 1 heterocycles. The molecule has 1 saturated heterocycles. The van der Waals surface area contributed by atoms with Gasteiger partial charge in [-0.25, -0.2) is 0 Å². The van der Waals surface area contributed by atoms with E-state index >= 15 is 0 Å². The summed E-state index contributed by atoms with van der Waals surface area (Å²) in [7, 11) is 0. The van der Waals surface area contributed by atoms with Crippen molar-refractivity contribution in [1.82, 2.24) is 4.90 Å². The number of ether oxygens (including phenoxy) is 2. The summed E-state index contributed by atoms with van der Waals surface area (Å²) in [4.78, 5) is 15.7. The number of amides is 1. The predicted molar refractivity (Wildman–Crippen MR) is 105 cm³/mol. The Labute approximate surface area is 163 Å². The van der Waals surface area contributed by atoms with Gasteiger partial charge in [0.25, 0.3) is 5.91 Å². The van der Waals surface area contributed by atoms with Gasteiger partial charge in [-0.1, -0.05) is 11.6 Å². The van der Waals surface area contributed by atoms with Crippen LogP contribution in [0, 0.1) is 0 Å². The van der Waals surface area contributed by atoms with Gasteiger partial charge in [-0.05, 0) is 49.4 Å². The van der Waals surface area contributed by atoms with Crippen molar-refractivity contribution in [3.05, 3.63) is 58.6 Å². The number of rotatable bonds is 6. The molecule has 0 aliphatic carbocycles. The quantitative estimate of drug-likeness (QED) is 0.679. The maximum atomic E-state index is 12.7. The molecular formula is C20H22ClNO3S. The maximum Gasteiger partial charge on any atom is 0.254 e. The smallest absolute Gasteiger partial charge is 0.254 e. The van der Waals surface area contributed by atoms with E-state index in [0.29, 0.717) is 38.5 Å². The summed E-state index contributed by atoms with van der Waals surface area (Å²) >= 11 is 7.64. The topological polar surface area (TPSA) is 38.8 Å². The minimum atomic E-state index is 0.0501. The third-order valence-corrected chi connectivity index (χ3v) is 5.43. The molecule has 1 amide bonds. The van der Waals surface area contributed by atoms with Gasteiger partial charge >= 0.3 is 0 Å². The average molecular weight is 392 g/mol. The zero-order valence-corrected chi connectivity index (χ0v) is 16.3. The van der Waals surface area contributed by atoms with Gasteiger partial charge < -0.3 is 14.4 Å². The highest BCUT2D eigenvalue weighted by atomic mass is 35.5. The van der Waals surface area contributed by atoms with Crippen LogP contribution in [0.3, 0.4) is 0 Å². The second kappa shape index (κ2) is 9.31. The Hall–Kier alpha value is -1.69. The molecule has 1 aliphatic rings. The molecule has 0 radical (unpaired) electrons. The summed E-state index contributed by atoms with van der Waals surface area (Å²) in [5.74, 6) is 1.60. The average Bonchev–Trinajstić information content (AvgIpc) is 2.69. The van der Waals surface area contributed by atoms with E-state index < -0.39 is 0 Å². The number of hydrogen-bond donors (Lipinski definition) is 0. The minimum Gasteiger partial charge on any atom is -0.494 e. The number of halogens is 1. The first kappa shape index (κ1) is 19.1. The Bertz CT molecular complexity index is 745. The van der Waals surface area contributed by atoms with E-state index in [2.05, 4.69) is 0 Å². The van der Waals surface area contributed by atoms with Gasteiger partial charge in [0.1, 0.15) is 5.75 Å². The van der Waals surface area contributed by atoms with E-state index in [1.165, 1.54) is 0 Å². The molecular weight excluding hydrogens is 370 g/mol. The molecule has 26 heavy (non-hydrogen) atoms. The van der Waals surface area contributed by atoms with Crippen LogP contribution in [-0.4, -0.2) is 43.7 Å². The Balaban J connectivity index is 1.76. The van der Waals surface area contributed by atoms with Crippen molar-refractivity contribution in [2.24, 2.45) is 0 Å². The Morgan fingerprint density at radius 3 is 2.62 bits per heavy atom. The van der Waals surface area contributed by atoms with Crippen LogP contribution in [0.4, 0.5) is 0 Å². The number of carbonyl (C=O) groups excluding carboxylic acids is 1. The van der Waals surface area contributed by atoms with E-state index in [1.807, 2.05) is 54.3 Å². The molecule has 3 rings (SSSR count). The number of benzene rings is 2. The van der Waals surface area contributed by atoms with Crippen LogP contribution in [0.1, 0.15) is 22.8 Å². The van der Waals surface area contributed by atoms with Gasteiger partial charge in [0.2, 0.25) is 0 Å². The lowest BCUT2D eigenvalue weighted by molar-refractivity contribution is 0.0303. The number of hydrogen-bond acceptors (Lipinski definition) is 4. The third kappa shape index (κ3) is 4.93. The first-order chi connectivity index (χ1) is 12.7. The number of thioether (sulfide) groups is 1. The Morgan fingerprint density at radius 1 is 1.19 bits per heavy atom. The van der Waals surface area contributed by atoms with Crippen molar-refractivity contribution in [2.75, 3.05) is 32.9 Å². The molecule has 6 heteroatoms. The normalized spacial score (nSPS) is 14.3. The van der Waals surface area contributed by atoms with E-state index in [0.717, 1.165) is 27.0 Å². The monoisotopic (exact) mass is 391 g/mol. The second-order valence-electron chi connectivity index (χ2n) is 5.90. The van der Waals surface area contributed by atoms with E-state index in [1.54, 1.807) is 11.8 Å². The molecule has 4 nitrogen and oxygen atoms in total. The molecule has 1 aliphatic heterocycles. The molecule has 0 bridgehead atoms. The molecule has 2 aromatic rings. The predicted octanol–water partition coefficient (Wildman–Crippen LogP) is 4.50. The SMILES string of the molecule is CCOc1ccc(C(=O)N2CCOCC2)cc1CSc1ccc(Cl)cc1. The molecule has 0 unspecified atom stereocenters. The van der Waals surface area contributed by atoms with Crippen LogP contribution < -0.4 is 4.74 Å². The fourth-order valence-electron chi connectivity index (χ4n) is 2.76. The first-order valence-electron chi connectivity index (χ1n) is 8.68. The molecule has 0 aromatic heterocycles. The maximum absolute atomic E-state index is 12.7. The molecule has 138 valence electrons. The first-order valence-corrected chi connectivity index (χ1v) is 10.0. The zero-order chi connectivity index (χ0) is 18.4. The number of morpholine rings is 1. The summed E-state index contributed by atoms with van der Waals surface area (Å²) in [6.45, 7) is 5.03. The number of carbonyl (C=O) groups is 1. The number of nitrogens with zero attached hydrogens (tertiary/aromatic N) is 1. The van der Waals surface area contributed by atoms with E-state index in [9.17, 15) is 4.79 Å². The largest absolute Gasteiger partial charge is 0.494 e. The van der Waals surface area contributed by atoms with Crippen LogP contribution >= 0.6 is 23.4 Å². The van der Waals surface area contributed by atoms with Crippen molar-refractivity contribution < 1.29 is 14.3 Å². The van der Waals surface area contributed by atoms with Crippen LogP contribution in [0.2, 0.25) is 5.02 Å². The Kier molecular flexibility index (Phi) is 6.83. The molecule has 0 N–H and O–H groups in total. The van der Waals surface area contributed by atoms with Crippen LogP contribution in [-0.2, 0) is 10.5 Å². The highest BCUT2D eigenvalue weighted by Gasteiger charge is 2.19. The van der Waals surface area contributed by atoms with Gasteiger partial charge in [-0.2, -0.15) is 0 Å². The summed E-state index contributed by atoms with van der Waals surface area (Å²) in [6.07, 6.45) is 0. The highest BCUT2D eigenvalue weighted by molar-refractivity contribution is 7.98. The van der Waals surface area contributed by atoms with Gasteiger partial charge in [-0.3, -0.25) is 4.79 Å². The van der Waals surface area contributed by atoms with Crippen LogP contribution in [0.15, 0.2) is 47.4 Å². The lowest BCUT2D eigenvalue weighted by Crippen LogP contribution is -2.40. The van der Waals surface area contributed by atoms with Crippen molar-refractivity contribution in [1.29, 1.82) is 0 Å². The van der Waals surface area contributed by atoms with Crippen molar-refractivity contribution in [3.63, 3.8) is 0 Å². The van der Waals surface area contributed by atoms with Crippen molar-refractivity contribution in [3.8, 4) is 5.75 Å². The molecule has 0 saturated carbocycles. The summed E-state index contributed by atoms with van der Waals surface area (Å²) in [5.41, 5.74) is 1.72.